The summed E-state index contributed by atoms with van der Waals surface area (Å²) in [5, 5.41) is 2.67. The molecule has 0 aliphatic carbocycles. The van der Waals surface area contributed by atoms with Gasteiger partial charge >= 0.3 is 0 Å². The van der Waals surface area contributed by atoms with Crippen molar-refractivity contribution in [3.05, 3.63) is 90.6 Å². The van der Waals surface area contributed by atoms with E-state index < -0.39 is 9.84 Å². The van der Waals surface area contributed by atoms with E-state index in [4.69, 9.17) is 4.74 Å². The van der Waals surface area contributed by atoms with E-state index in [1.165, 1.54) is 13.1 Å². The summed E-state index contributed by atoms with van der Waals surface area (Å²) in [4.78, 5) is 20.0. The summed E-state index contributed by atoms with van der Waals surface area (Å²) in [6.45, 7) is 3.30. The fraction of sp³-hybridized carbons (Fsp3) is 0.0800. The Morgan fingerprint density at radius 2 is 1.58 bits per heavy atom. The SMILES string of the molecule is CC(=O)Nc1ccc(Oc2nc(-c3ccccc3)ncc2S(=O)(=O)c2ccc(C)cc2)cc1. The van der Waals surface area contributed by atoms with Crippen molar-refractivity contribution in [2.45, 2.75) is 23.6 Å². The first-order chi connectivity index (χ1) is 15.8. The highest BCUT2D eigenvalue weighted by Crippen LogP contribution is 2.33. The van der Waals surface area contributed by atoms with E-state index in [0.29, 0.717) is 17.3 Å². The number of carbonyl (C=O) groups excluding carboxylic acids is 1. The summed E-state index contributed by atoms with van der Waals surface area (Å²) in [6.07, 6.45) is 1.27. The van der Waals surface area contributed by atoms with Crippen molar-refractivity contribution in [3.8, 4) is 23.0 Å². The molecule has 0 unspecified atom stereocenters. The first-order valence-corrected chi connectivity index (χ1v) is 11.6. The Hall–Kier alpha value is -4.04. The number of anilines is 1. The lowest BCUT2D eigenvalue weighted by molar-refractivity contribution is -0.114. The van der Waals surface area contributed by atoms with Gasteiger partial charge in [0.1, 0.15) is 5.75 Å². The van der Waals surface area contributed by atoms with Gasteiger partial charge < -0.3 is 10.1 Å². The normalized spacial score (nSPS) is 11.1. The van der Waals surface area contributed by atoms with Crippen LogP contribution in [0.1, 0.15) is 12.5 Å². The number of ether oxygens (including phenoxy) is 1. The van der Waals surface area contributed by atoms with Gasteiger partial charge in [-0.2, -0.15) is 4.98 Å². The molecule has 4 aromatic rings. The third kappa shape index (κ3) is 5.07. The third-order valence-electron chi connectivity index (χ3n) is 4.76. The predicted molar refractivity (Wildman–Crippen MR) is 125 cm³/mol. The van der Waals surface area contributed by atoms with Crippen LogP contribution < -0.4 is 10.1 Å². The molecule has 0 fully saturated rings. The van der Waals surface area contributed by atoms with Crippen LogP contribution >= 0.6 is 0 Å². The lowest BCUT2D eigenvalue weighted by Crippen LogP contribution is -2.08. The predicted octanol–water partition coefficient (Wildman–Crippen LogP) is 5.04. The van der Waals surface area contributed by atoms with Crippen molar-refractivity contribution in [2.75, 3.05) is 5.32 Å². The molecular weight excluding hydrogens is 438 g/mol. The average molecular weight is 460 g/mol. The van der Waals surface area contributed by atoms with E-state index in [2.05, 4.69) is 15.3 Å². The standard InChI is InChI=1S/C25H21N3O4S/c1-17-8-14-22(15-9-17)33(30,31)23-16-26-24(19-6-4-3-5-7-19)28-25(23)32-21-12-10-20(11-13-21)27-18(2)29/h3-16H,1-2H3,(H,27,29). The molecule has 0 spiro atoms. The molecule has 33 heavy (non-hydrogen) atoms. The summed E-state index contributed by atoms with van der Waals surface area (Å²) in [5.74, 6) is 0.417. The quantitative estimate of drug-likeness (QED) is 0.434. The number of rotatable bonds is 6. The second-order valence-electron chi connectivity index (χ2n) is 7.35. The van der Waals surface area contributed by atoms with Gasteiger partial charge in [-0.05, 0) is 43.3 Å². The van der Waals surface area contributed by atoms with Crippen LogP contribution in [-0.4, -0.2) is 24.3 Å². The van der Waals surface area contributed by atoms with Gasteiger partial charge in [-0.1, -0.05) is 48.0 Å². The number of nitrogens with zero attached hydrogens (tertiary/aromatic N) is 2. The van der Waals surface area contributed by atoms with Crippen LogP contribution in [0, 0.1) is 6.92 Å². The molecule has 1 aromatic heterocycles. The average Bonchev–Trinajstić information content (AvgIpc) is 2.81. The van der Waals surface area contributed by atoms with E-state index in [1.54, 1.807) is 48.5 Å². The van der Waals surface area contributed by atoms with Crippen LogP contribution in [0.3, 0.4) is 0 Å². The molecule has 0 aliphatic heterocycles. The van der Waals surface area contributed by atoms with Gasteiger partial charge in [-0.15, -0.1) is 0 Å². The summed E-state index contributed by atoms with van der Waals surface area (Å²) in [6, 6.07) is 22.3. The number of nitrogens with one attached hydrogen (secondary N) is 1. The summed E-state index contributed by atoms with van der Waals surface area (Å²) in [7, 11) is -3.94. The van der Waals surface area contributed by atoms with E-state index in [-0.39, 0.29) is 21.6 Å². The zero-order valence-corrected chi connectivity index (χ0v) is 18.8. The molecule has 0 atom stereocenters. The maximum absolute atomic E-state index is 13.4. The Morgan fingerprint density at radius 1 is 0.909 bits per heavy atom. The van der Waals surface area contributed by atoms with Gasteiger partial charge in [0.25, 0.3) is 0 Å². The fourth-order valence-corrected chi connectivity index (χ4v) is 4.36. The summed E-state index contributed by atoms with van der Waals surface area (Å²) >= 11 is 0. The molecule has 8 heteroatoms. The van der Waals surface area contributed by atoms with Gasteiger partial charge in [0.05, 0.1) is 11.1 Å². The Kier molecular flexibility index (Phi) is 6.19. The van der Waals surface area contributed by atoms with Crippen LogP contribution in [-0.2, 0) is 14.6 Å². The number of hydrogen-bond acceptors (Lipinski definition) is 6. The fourth-order valence-electron chi connectivity index (χ4n) is 3.10. The lowest BCUT2D eigenvalue weighted by atomic mass is 10.2. The number of aromatic nitrogens is 2. The van der Waals surface area contributed by atoms with Gasteiger partial charge in [0, 0.05) is 18.2 Å². The maximum Gasteiger partial charge on any atom is 0.242 e. The van der Waals surface area contributed by atoms with Gasteiger partial charge in [0.2, 0.25) is 21.6 Å². The minimum Gasteiger partial charge on any atom is -0.438 e. The number of sulfone groups is 1. The molecular formula is C25H21N3O4S. The number of hydrogen-bond donors (Lipinski definition) is 1. The molecule has 7 nitrogen and oxygen atoms in total. The molecule has 0 aliphatic rings. The minimum absolute atomic E-state index is 0.0864. The summed E-state index contributed by atoms with van der Waals surface area (Å²) in [5.41, 5.74) is 2.26. The van der Waals surface area contributed by atoms with Crippen LogP contribution in [0.4, 0.5) is 5.69 Å². The lowest BCUT2D eigenvalue weighted by Gasteiger charge is -2.13. The van der Waals surface area contributed by atoms with Crippen molar-refractivity contribution < 1.29 is 17.9 Å². The molecule has 1 heterocycles. The largest absolute Gasteiger partial charge is 0.438 e. The number of amides is 1. The molecule has 1 amide bonds. The van der Waals surface area contributed by atoms with Gasteiger partial charge in [0.15, 0.2) is 10.7 Å². The van der Waals surface area contributed by atoms with Crippen LogP contribution in [0.25, 0.3) is 11.4 Å². The van der Waals surface area contributed by atoms with Crippen molar-refractivity contribution in [1.29, 1.82) is 0 Å². The zero-order valence-electron chi connectivity index (χ0n) is 18.0. The smallest absolute Gasteiger partial charge is 0.242 e. The zero-order chi connectivity index (χ0) is 23.4. The molecule has 3 aromatic carbocycles. The second kappa shape index (κ2) is 9.22. The first kappa shape index (κ1) is 22.2. The topological polar surface area (TPSA) is 98.2 Å². The minimum atomic E-state index is -3.94. The van der Waals surface area contributed by atoms with Crippen molar-refractivity contribution in [3.63, 3.8) is 0 Å². The Bertz CT molecular complexity index is 1390. The first-order valence-electron chi connectivity index (χ1n) is 10.1. The number of carbonyl (C=O) groups is 1. The monoisotopic (exact) mass is 459 g/mol. The van der Waals surface area contributed by atoms with Crippen molar-refractivity contribution in [1.82, 2.24) is 9.97 Å². The highest BCUT2D eigenvalue weighted by atomic mass is 32.2. The van der Waals surface area contributed by atoms with E-state index in [1.807, 2.05) is 37.3 Å². The van der Waals surface area contributed by atoms with Crippen LogP contribution in [0.2, 0.25) is 0 Å². The van der Waals surface area contributed by atoms with Crippen molar-refractivity contribution >= 4 is 21.4 Å². The van der Waals surface area contributed by atoms with Crippen LogP contribution in [0.15, 0.2) is 94.9 Å². The molecule has 0 saturated carbocycles. The Morgan fingerprint density at radius 3 is 2.21 bits per heavy atom. The second-order valence-corrected chi connectivity index (χ2v) is 9.27. The highest BCUT2D eigenvalue weighted by Gasteiger charge is 2.25. The molecule has 166 valence electrons. The molecule has 1 N–H and O–H groups in total. The molecule has 4 rings (SSSR count). The van der Waals surface area contributed by atoms with Gasteiger partial charge in [-0.3, -0.25) is 4.79 Å². The Balaban J connectivity index is 1.78. The number of benzene rings is 3. The highest BCUT2D eigenvalue weighted by molar-refractivity contribution is 7.91. The van der Waals surface area contributed by atoms with E-state index in [9.17, 15) is 13.2 Å². The van der Waals surface area contributed by atoms with Crippen molar-refractivity contribution in [2.24, 2.45) is 0 Å². The summed E-state index contributed by atoms with van der Waals surface area (Å²) < 4.78 is 32.7. The maximum atomic E-state index is 13.4. The van der Waals surface area contributed by atoms with Crippen LogP contribution in [0.5, 0.6) is 11.6 Å². The van der Waals surface area contributed by atoms with E-state index >= 15 is 0 Å². The molecule has 0 saturated heterocycles. The molecule has 0 radical (unpaired) electrons. The number of aryl methyl sites for hydroxylation is 1. The molecule has 0 bridgehead atoms. The van der Waals surface area contributed by atoms with E-state index in [0.717, 1.165) is 11.1 Å². The van der Waals surface area contributed by atoms with Gasteiger partial charge in [-0.25, -0.2) is 13.4 Å². The third-order valence-corrected chi connectivity index (χ3v) is 6.52. The Labute approximate surface area is 192 Å².